The minimum Gasteiger partial charge on any atom is -0.348 e. The smallest absolute Gasteiger partial charge is 0.257 e. The van der Waals surface area contributed by atoms with Crippen LogP contribution >= 0.6 is 23.2 Å². The van der Waals surface area contributed by atoms with E-state index in [2.05, 4.69) is 10.3 Å². The first kappa shape index (κ1) is 20.3. The van der Waals surface area contributed by atoms with Crippen LogP contribution in [0.3, 0.4) is 0 Å². The van der Waals surface area contributed by atoms with E-state index in [0.29, 0.717) is 11.4 Å². The minimum absolute atomic E-state index is 0.00801. The summed E-state index contributed by atoms with van der Waals surface area (Å²) in [6.45, 7) is 0. The van der Waals surface area contributed by atoms with Crippen LogP contribution in [0.15, 0.2) is 47.6 Å². The summed E-state index contributed by atoms with van der Waals surface area (Å²) in [7, 11) is -1.80. The lowest BCUT2D eigenvalue weighted by Crippen LogP contribution is -2.11. The second-order valence-corrected chi connectivity index (χ2v) is 8.97. The molecule has 2 aromatic heterocycles. The summed E-state index contributed by atoms with van der Waals surface area (Å²) in [5.41, 5.74) is 1.35. The second kappa shape index (κ2) is 7.54. The molecule has 0 bridgehead atoms. The predicted octanol–water partition coefficient (Wildman–Crippen LogP) is 4.19. The maximum absolute atomic E-state index is 13.2. The molecule has 3 aromatic rings. The van der Waals surface area contributed by atoms with Crippen LogP contribution in [0.2, 0.25) is 10.0 Å². The zero-order valence-corrected chi connectivity index (χ0v) is 17.0. The SMILES string of the molecule is Cn1cc(C(=O)Nc2cc(Cl)cc(S(C)(=O)=O)c2)cc1-c1ncc(F)cc1Cl. The number of sulfone groups is 1. The standard InChI is InChI=1S/C18H14Cl2FN3O3S/c1-24-9-10(3-16(24)17-15(20)6-12(21)8-22-17)18(25)23-13-4-11(19)5-14(7-13)28(2,26)27/h3-9H,1-2H3,(H,23,25). The molecule has 28 heavy (non-hydrogen) atoms. The number of aromatic nitrogens is 2. The molecule has 3 rings (SSSR count). The molecule has 1 aromatic carbocycles. The fourth-order valence-electron chi connectivity index (χ4n) is 2.58. The van der Waals surface area contributed by atoms with Crippen molar-refractivity contribution in [2.75, 3.05) is 11.6 Å². The van der Waals surface area contributed by atoms with Crippen molar-refractivity contribution in [3.05, 3.63) is 64.2 Å². The third-order valence-corrected chi connectivity index (χ3v) is 5.47. The summed E-state index contributed by atoms with van der Waals surface area (Å²) in [5.74, 6) is -1.05. The number of nitrogens with zero attached hydrogens (tertiary/aromatic N) is 2. The van der Waals surface area contributed by atoms with E-state index in [-0.39, 0.29) is 26.2 Å². The number of hydrogen-bond acceptors (Lipinski definition) is 4. The highest BCUT2D eigenvalue weighted by molar-refractivity contribution is 7.90. The number of rotatable bonds is 4. The first-order valence-corrected chi connectivity index (χ1v) is 10.5. The third kappa shape index (κ3) is 4.35. The van der Waals surface area contributed by atoms with Gasteiger partial charge in [-0.15, -0.1) is 0 Å². The summed E-state index contributed by atoms with van der Waals surface area (Å²) in [6.07, 6.45) is 3.63. The normalized spacial score (nSPS) is 11.5. The van der Waals surface area contributed by atoms with Gasteiger partial charge in [0.2, 0.25) is 0 Å². The third-order valence-electron chi connectivity index (χ3n) is 3.87. The van der Waals surface area contributed by atoms with E-state index in [9.17, 15) is 17.6 Å². The highest BCUT2D eigenvalue weighted by Gasteiger charge is 2.17. The van der Waals surface area contributed by atoms with E-state index < -0.39 is 21.6 Å². The van der Waals surface area contributed by atoms with Crippen molar-refractivity contribution in [3.8, 4) is 11.4 Å². The lowest BCUT2D eigenvalue weighted by atomic mass is 10.2. The zero-order valence-electron chi connectivity index (χ0n) is 14.7. The fraction of sp³-hybridized carbons (Fsp3) is 0.111. The van der Waals surface area contributed by atoms with Crippen molar-refractivity contribution in [1.82, 2.24) is 9.55 Å². The molecule has 0 atom stereocenters. The molecule has 0 aliphatic carbocycles. The Kier molecular flexibility index (Phi) is 5.47. The van der Waals surface area contributed by atoms with E-state index in [1.54, 1.807) is 23.9 Å². The molecule has 2 heterocycles. The number of carbonyl (C=O) groups excluding carboxylic acids is 1. The summed E-state index contributed by atoms with van der Waals surface area (Å²) in [4.78, 5) is 16.6. The molecule has 0 unspecified atom stereocenters. The van der Waals surface area contributed by atoms with Crippen molar-refractivity contribution < 1.29 is 17.6 Å². The topological polar surface area (TPSA) is 81.1 Å². The number of nitrogens with one attached hydrogen (secondary N) is 1. The molecule has 0 spiro atoms. The predicted molar refractivity (Wildman–Crippen MR) is 106 cm³/mol. The molecule has 10 heteroatoms. The molecule has 0 aliphatic heterocycles. The molecule has 1 amide bonds. The monoisotopic (exact) mass is 441 g/mol. The first-order chi connectivity index (χ1) is 13.0. The summed E-state index contributed by atoms with van der Waals surface area (Å²) in [5, 5.41) is 2.90. The Morgan fingerprint density at radius 3 is 2.54 bits per heavy atom. The molecule has 146 valence electrons. The Hall–Kier alpha value is -2.42. The van der Waals surface area contributed by atoms with Gasteiger partial charge in [-0.1, -0.05) is 23.2 Å². The molecular formula is C18H14Cl2FN3O3S. The van der Waals surface area contributed by atoms with E-state index in [1.807, 2.05) is 0 Å². The molecule has 0 aliphatic rings. The van der Waals surface area contributed by atoms with Crippen LogP contribution in [0.1, 0.15) is 10.4 Å². The number of aryl methyl sites for hydroxylation is 1. The number of carbonyl (C=O) groups is 1. The van der Waals surface area contributed by atoms with Gasteiger partial charge >= 0.3 is 0 Å². The summed E-state index contributed by atoms with van der Waals surface area (Å²) >= 11 is 12.0. The van der Waals surface area contributed by atoms with Crippen molar-refractivity contribution in [2.45, 2.75) is 4.90 Å². The van der Waals surface area contributed by atoms with Gasteiger partial charge in [-0.3, -0.25) is 9.78 Å². The average Bonchev–Trinajstić information content (AvgIpc) is 2.95. The highest BCUT2D eigenvalue weighted by Crippen LogP contribution is 2.28. The Morgan fingerprint density at radius 2 is 1.89 bits per heavy atom. The Labute approximate surface area is 170 Å². The van der Waals surface area contributed by atoms with E-state index in [4.69, 9.17) is 23.2 Å². The first-order valence-electron chi connectivity index (χ1n) is 7.84. The van der Waals surface area contributed by atoms with Crippen LogP contribution in [0.5, 0.6) is 0 Å². The van der Waals surface area contributed by atoms with E-state index in [0.717, 1.165) is 18.5 Å². The van der Waals surface area contributed by atoms with Crippen molar-refractivity contribution >= 4 is 44.6 Å². The number of anilines is 1. The minimum atomic E-state index is -3.49. The maximum atomic E-state index is 13.2. The van der Waals surface area contributed by atoms with Crippen LogP contribution in [-0.4, -0.2) is 30.1 Å². The van der Waals surface area contributed by atoms with Gasteiger partial charge in [0.05, 0.1) is 27.4 Å². The van der Waals surface area contributed by atoms with Gasteiger partial charge < -0.3 is 9.88 Å². The average molecular weight is 442 g/mol. The van der Waals surface area contributed by atoms with Gasteiger partial charge in [-0.2, -0.15) is 0 Å². The molecule has 0 saturated heterocycles. The molecule has 0 saturated carbocycles. The highest BCUT2D eigenvalue weighted by atomic mass is 35.5. The number of halogens is 3. The summed E-state index contributed by atoms with van der Waals surface area (Å²) in [6, 6.07) is 6.74. The Morgan fingerprint density at radius 1 is 1.18 bits per heavy atom. The van der Waals surface area contributed by atoms with Crippen molar-refractivity contribution in [2.24, 2.45) is 7.05 Å². The van der Waals surface area contributed by atoms with Gasteiger partial charge in [0.1, 0.15) is 11.5 Å². The lowest BCUT2D eigenvalue weighted by Gasteiger charge is -2.07. The van der Waals surface area contributed by atoms with Crippen molar-refractivity contribution in [1.29, 1.82) is 0 Å². The van der Waals surface area contributed by atoms with Gasteiger partial charge in [0, 0.05) is 30.2 Å². The lowest BCUT2D eigenvalue weighted by molar-refractivity contribution is 0.102. The van der Waals surface area contributed by atoms with Gasteiger partial charge in [-0.25, -0.2) is 12.8 Å². The second-order valence-electron chi connectivity index (χ2n) is 6.11. The van der Waals surface area contributed by atoms with Crippen LogP contribution in [0, 0.1) is 5.82 Å². The maximum Gasteiger partial charge on any atom is 0.257 e. The van der Waals surface area contributed by atoms with E-state index >= 15 is 0 Å². The largest absolute Gasteiger partial charge is 0.348 e. The van der Waals surface area contributed by atoms with Crippen molar-refractivity contribution in [3.63, 3.8) is 0 Å². The van der Waals surface area contributed by atoms with Gasteiger partial charge in [0.25, 0.3) is 5.91 Å². The van der Waals surface area contributed by atoms with E-state index in [1.165, 1.54) is 18.2 Å². The molecule has 0 fully saturated rings. The van der Waals surface area contributed by atoms with Gasteiger partial charge in [0.15, 0.2) is 9.84 Å². The number of hydrogen-bond donors (Lipinski definition) is 1. The Bertz CT molecular complexity index is 1190. The molecule has 6 nitrogen and oxygen atoms in total. The summed E-state index contributed by atoms with van der Waals surface area (Å²) < 4.78 is 38.3. The molecular weight excluding hydrogens is 428 g/mol. The number of amides is 1. The van der Waals surface area contributed by atoms with Crippen LogP contribution < -0.4 is 5.32 Å². The number of benzene rings is 1. The Balaban J connectivity index is 1.92. The fourth-order valence-corrected chi connectivity index (χ4v) is 3.81. The quantitative estimate of drug-likeness (QED) is 0.657. The number of pyridine rings is 1. The van der Waals surface area contributed by atoms with Crippen LogP contribution in [-0.2, 0) is 16.9 Å². The van der Waals surface area contributed by atoms with Crippen LogP contribution in [0.4, 0.5) is 10.1 Å². The molecule has 1 N–H and O–H groups in total. The molecule has 0 radical (unpaired) electrons. The van der Waals surface area contributed by atoms with Crippen LogP contribution in [0.25, 0.3) is 11.4 Å². The zero-order chi connectivity index (χ0) is 20.6. The van der Waals surface area contributed by atoms with Gasteiger partial charge in [-0.05, 0) is 30.3 Å².